The van der Waals surface area contributed by atoms with Crippen LogP contribution in [0.2, 0.25) is 5.02 Å². The number of carbonyl (C=O) groups excluding carboxylic acids is 2. The first kappa shape index (κ1) is 21.9. The van der Waals surface area contributed by atoms with Crippen LogP contribution in [0.4, 0.5) is 5.69 Å². The third-order valence-electron chi connectivity index (χ3n) is 5.65. The number of furan rings is 1. The summed E-state index contributed by atoms with van der Waals surface area (Å²) in [7, 11) is 0. The van der Waals surface area contributed by atoms with Crippen LogP contribution in [-0.4, -0.2) is 29.2 Å². The fraction of sp³-hybridized carbons (Fsp3) is 0.292. The van der Waals surface area contributed by atoms with E-state index < -0.39 is 11.8 Å². The van der Waals surface area contributed by atoms with E-state index in [1.54, 1.807) is 17.0 Å². The van der Waals surface area contributed by atoms with Gasteiger partial charge < -0.3 is 15.5 Å². The number of nitrogens with zero attached hydrogens (tertiary/aromatic N) is 2. The average molecular weight is 453 g/mol. The highest BCUT2D eigenvalue weighted by Gasteiger charge is 2.33. The van der Waals surface area contributed by atoms with Gasteiger partial charge in [0.25, 0.3) is 0 Å². The molecule has 0 saturated heterocycles. The van der Waals surface area contributed by atoms with Crippen molar-refractivity contribution < 1.29 is 14.0 Å². The minimum absolute atomic E-state index is 0.0350. The maximum Gasteiger partial charge on any atom is 0.235 e. The van der Waals surface area contributed by atoms with Gasteiger partial charge in [0.1, 0.15) is 11.3 Å². The predicted octanol–water partition coefficient (Wildman–Crippen LogP) is 4.26. The number of nitrogens with two attached hydrogens (primary N) is 1. The number of carbonyl (C=O) groups is 2. The highest BCUT2D eigenvalue weighted by Crippen LogP contribution is 2.29. The van der Waals surface area contributed by atoms with Crippen molar-refractivity contribution in [1.29, 1.82) is 0 Å². The molecule has 1 aliphatic rings. The fourth-order valence-electron chi connectivity index (χ4n) is 3.93. The lowest BCUT2D eigenvalue weighted by atomic mass is 10.0. The molecule has 0 fully saturated rings. The van der Waals surface area contributed by atoms with Gasteiger partial charge in [0.05, 0.1) is 19.0 Å². The maximum absolute atomic E-state index is 13.2. The molecule has 3 aromatic rings. The van der Waals surface area contributed by atoms with Crippen LogP contribution in [0.1, 0.15) is 30.2 Å². The lowest BCUT2D eigenvalue weighted by Gasteiger charge is -2.32. The third-order valence-corrected chi connectivity index (χ3v) is 5.90. The van der Waals surface area contributed by atoms with E-state index in [2.05, 4.69) is 17.2 Å². The number of fused-ring (bicyclic) bond motifs is 1. The number of aliphatic imine (C=N–C) groups is 1. The van der Waals surface area contributed by atoms with Crippen LogP contribution in [0.3, 0.4) is 0 Å². The van der Waals surface area contributed by atoms with Gasteiger partial charge in [-0.05, 0) is 48.4 Å². The summed E-state index contributed by atoms with van der Waals surface area (Å²) in [5, 5.41) is 4.92. The summed E-state index contributed by atoms with van der Waals surface area (Å²) in [6, 6.07) is 13.1. The van der Waals surface area contributed by atoms with Gasteiger partial charge in [0.15, 0.2) is 0 Å². The van der Waals surface area contributed by atoms with E-state index >= 15 is 0 Å². The zero-order valence-electron chi connectivity index (χ0n) is 18.0. The van der Waals surface area contributed by atoms with E-state index in [1.807, 2.05) is 37.3 Å². The summed E-state index contributed by atoms with van der Waals surface area (Å²) in [4.78, 5) is 30.8. The first-order valence-corrected chi connectivity index (χ1v) is 10.9. The second-order valence-corrected chi connectivity index (χ2v) is 8.36. The summed E-state index contributed by atoms with van der Waals surface area (Å²) in [5.41, 5.74) is 8.96. The number of aryl methyl sites for hydroxylation is 2. The smallest absolute Gasteiger partial charge is 0.235 e. The molecule has 0 saturated carbocycles. The summed E-state index contributed by atoms with van der Waals surface area (Å²) in [6.45, 7) is 4.60. The molecular weight excluding hydrogens is 428 g/mol. The van der Waals surface area contributed by atoms with Crippen molar-refractivity contribution in [2.75, 3.05) is 11.9 Å². The van der Waals surface area contributed by atoms with Gasteiger partial charge in [-0.25, -0.2) is 0 Å². The van der Waals surface area contributed by atoms with E-state index in [-0.39, 0.29) is 18.9 Å². The van der Waals surface area contributed by atoms with Gasteiger partial charge in [-0.2, -0.15) is 0 Å². The highest BCUT2D eigenvalue weighted by molar-refractivity contribution is 6.30. The lowest BCUT2D eigenvalue weighted by Crippen LogP contribution is -2.48. The standard InChI is InChI=1S/C24H25ClN4O3/c1-3-20-14(2)19-11-18(8-9-21(19)32-20)28-24-27-12-16(10-22(26)30)23(31)29(24)13-15-4-6-17(25)7-5-15/h4-9,11,16H,3,10,12-13H2,1-2H3,(H2,26,30)(H,27,28). The van der Waals surface area contributed by atoms with Gasteiger partial charge in [-0.1, -0.05) is 30.7 Å². The van der Waals surface area contributed by atoms with Crippen LogP contribution in [0, 0.1) is 12.8 Å². The monoisotopic (exact) mass is 452 g/mol. The third kappa shape index (κ3) is 4.48. The number of hydrogen-bond donors (Lipinski definition) is 2. The Bertz CT molecular complexity index is 1200. The molecule has 2 aromatic carbocycles. The molecule has 166 valence electrons. The quantitative estimate of drug-likeness (QED) is 0.583. The summed E-state index contributed by atoms with van der Waals surface area (Å²) < 4.78 is 5.89. The SMILES string of the molecule is CCc1oc2ccc(NC3=NCC(CC(N)=O)C(=O)N3Cc3ccc(Cl)cc3)cc2c1C. The van der Waals surface area contributed by atoms with Crippen molar-refractivity contribution in [1.82, 2.24) is 4.90 Å². The van der Waals surface area contributed by atoms with Crippen molar-refractivity contribution in [2.24, 2.45) is 16.6 Å². The van der Waals surface area contributed by atoms with Crippen LogP contribution in [0.25, 0.3) is 11.0 Å². The highest BCUT2D eigenvalue weighted by atomic mass is 35.5. The van der Waals surface area contributed by atoms with Crippen molar-refractivity contribution >= 4 is 46.0 Å². The number of anilines is 1. The summed E-state index contributed by atoms with van der Waals surface area (Å²) >= 11 is 6.00. The number of rotatable bonds is 6. The van der Waals surface area contributed by atoms with E-state index in [4.69, 9.17) is 21.8 Å². The number of hydrogen-bond acceptors (Lipinski definition) is 5. The Balaban J connectivity index is 1.64. The molecule has 32 heavy (non-hydrogen) atoms. The Hall–Kier alpha value is -3.32. The van der Waals surface area contributed by atoms with Crippen LogP contribution >= 0.6 is 11.6 Å². The number of benzene rings is 2. The number of halogens is 1. The Morgan fingerprint density at radius 3 is 2.72 bits per heavy atom. The number of amides is 2. The number of guanidine groups is 1. The molecule has 8 heteroatoms. The molecule has 0 bridgehead atoms. The molecular formula is C24H25ClN4O3. The molecule has 1 atom stereocenters. The Morgan fingerprint density at radius 2 is 2.03 bits per heavy atom. The van der Waals surface area contributed by atoms with Crippen LogP contribution in [-0.2, 0) is 22.6 Å². The van der Waals surface area contributed by atoms with Crippen LogP contribution < -0.4 is 11.1 Å². The normalized spacial score (nSPS) is 16.3. The second kappa shape index (κ2) is 9.04. The van der Waals surface area contributed by atoms with Gasteiger partial charge in [0, 0.05) is 28.9 Å². The van der Waals surface area contributed by atoms with E-state index in [0.717, 1.165) is 40.0 Å². The van der Waals surface area contributed by atoms with Crippen LogP contribution in [0.15, 0.2) is 51.9 Å². The molecule has 2 heterocycles. The van der Waals surface area contributed by atoms with Gasteiger partial charge in [-0.15, -0.1) is 0 Å². The zero-order valence-corrected chi connectivity index (χ0v) is 18.8. The molecule has 1 aliphatic heterocycles. The van der Waals surface area contributed by atoms with E-state index in [9.17, 15) is 9.59 Å². The minimum atomic E-state index is -0.573. The molecule has 0 spiro atoms. The predicted molar refractivity (Wildman–Crippen MR) is 126 cm³/mol. The van der Waals surface area contributed by atoms with E-state index in [0.29, 0.717) is 17.5 Å². The molecule has 2 amide bonds. The molecule has 7 nitrogen and oxygen atoms in total. The topological polar surface area (TPSA) is 101 Å². The molecule has 3 N–H and O–H groups in total. The maximum atomic E-state index is 13.2. The average Bonchev–Trinajstić information content (AvgIpc) is 3.09. The number of nitrogens with one attached hydrogen (secondary N) is 1. The lowest BCUT2D eigenvalue weighted by molar-refractivity contribution is -0.135. The van der Waals surface area contributed by atoms with Crippen molar-refractivity contribution in [3.63, 3.8) is 0 Å². The van der Waals surface area contributed by atoms with Crippen molar-refractivity contribution in [2.45, 2.75) is 33.2 Å². The Morgan fingerprint density at radius 1 is 1.28 bits per heavy atom. The van der Waals surface area contributed by atoms with Gasteiger partial charge >= 0.3 is 0 Å². The van der Waals surface area contributed by atoms with Gasteiger partial charge in [0.2, 0.25) is 17.8 Å². The molecule has 4 rings (SSSR count). The Kier molecular flexibility index (Phi) is 6.19. The zero-order chi connectivity index (χ0) is 22.8. The molecule has 0 radical (unpaired) electrons. The van der Waals surface area contributed by atoms with Gasteiger partial charge in [-0.3, -0.25) is 19.5 Å². The number of primary amides is 1. The molecule has 1 aromatic heterocycles. The minimum Gasteiger partial charge on any atom is -0.461 e. The largest absolute Gasteiger partial charge is 0.461 e. The first-order chi connectivity index (χ1) is 15.4. The first-order valence-electron chi connectivity index (χ1n) is 10.5. The molecule has 0 aliphatic carbocycles. The molecule has 1 unspecified atom stereocenters. The Labute approximate surface area is 191 Å². The van der Waals surface area contributed by atoms with Crippen LogP contribution in [0.5, 0.6) is 0 Å². The summed E-state index contributed by atoms with van der Waals surface area (Å²) in [6.07, 6.45) is 0.785. The van der Waals surface area contributed by atoms with E-state index in [1.165, 1.54) is 0 Å². The fourth-order valence-corrected chi connectivity index (χ4v) is 4.05. The summed E-state index contributed by atoms with van der Waals surface area (Å²) in [5.74, 6) is 0.109. The van der Waals surface area contributed by atoms with Crippen molar-refractivity contribution in [3.8, 4) is 0 Å². The van der Waals surface area contributed by atoms with Crippen molar-refractivity contribution in [3.05, 3.63) is 64.4 Å². The second-order valence-electron chi connectivity index (χ2n) is 7.92.